The molecule has 9 heteroatoms. The summed E-state index contributed by atoms with van der Waals surface area (Å²) in [5.41, 5.74) is 1.15. The van der Waals surface area contributed by atoms with E-state index in [0.717, 1.165) is 10.9 Å². The fraction of sp³-hybridized carbons (Fsp3) is 0.240. The lowest BCUT2D eigenvalue weighted by atomic mass is 10.0. The molecule has 0 spiro atoms. The standard InChI is InChI=1S/C25H23F2N3O3S/c1-33-12-11-29(25(32)17-6-4-7-18(26)14-17)16-24(31)30-22(19-8-2-3-9-20(19)27)15-21(28-30)23-10-5-13-34-23/h2-10,13-14,22H,11-12,15-16H2,1H3/t22-/m1/s1. The number of carbonyl (C=O) groups excluding carboxylic acids is 2. The molecule has 3 aromatic rings. The van der Waals surface area contributed by atoms with E-state index in [4.69, 9.17) is 4.74 Å². The van der Waals surface area contributed by atoms with Gasteiger partial charge in [0.2, 0.25) is 0 Å². The van der Waals surface area contributed by atoms with Crippen LogP contribution in [0.15, 0.2) is 71.1 Å². The molecule has 0 fully saturated rings. The first-order valence-corrected chi connectivity index (χ1v) is 11.6. The molecule has 6 nitrogen and oxygen atoms in total. The van der Waals surface area contributed by atoms with Crippen LogP contribution in [0.2, 0.25) is 0 Å². The molecule has 176 valence electrons. The highest BCUT2D eigenvalue weighted by atomic mass is 32.1. The molecule has 0 radical (unpaired) electrons. The van der Waals surface area contributed by atoms with E-state index in [9.17, 15) is 18.4 Å². The fourth-order valence-corrected chi connectivity index (χ4v) is 4.53. The summed E-state index contributed by atoms with van der Waals surface area (Å²) in [5.74, 6) is -1.96. The van der Waals surface area contributed by atoms with Crippen molar-refractivity contribution in [3.8, 4) is 0 Å². The predicted octanol–water partition coefficient (Wildman–Crippen LogP) is 4.49. The maximum absolute atomic E-state index is 14.7. The molecule has 1 atom stereocenters. The summed E-state index contributed by atoms with van der Waals surface area (Å²) >= 11 is 1.48. The van der Waals surface area contributed by atoms with Crippen molar-refractivity contribution < 1.29 is 23.1 Å². The van der Waals surface area contributed by atoms with Gasteiger partial charge in [0.1, 0.15) is 18.2 Å². The van der Waals surface area contributed by atoms with Crippen LogP contribution in [-0.2, 0) is 9.53 Å². The van der Waals surface area contributed by atoms with Crippen LogP contribution in [0.5, 0.6) is 0 Å². The molecular weight excluding hydrogens is 460 g/mol. The number of benzene rings is 2. The van der Waals surface area contributed by atoms with Gasteiger partial charge < -0.3 is 9.64 Å². The summed E-state index contributed by atoms with van der Waals surface area (Å²) in [6.07, 6.45) is 0.350. The lowest BCUT2D eigenvalue weighted by Gasteiger charge is -2.27. The Morgan fingerprint density at radius 1 is 1.15 bits per heavy atom. The third-order valence-electron chi connectivity index (χ3n) is 5.49. The second-order valence-electron chi connectivity index (χ2n) is 7.73. The van der Waals surface area contributed by atoms with Gasteiger partial charge >= 0.3 is 0 Å². The van der Waals surface area contributed by atoms with Gasteiger partial charge in [-0.2, -0.15) is 5.10 Å². The normalized spacial score (nSPS) is 15.3. The summed E-state index contributed by atoms with van der Waals surface area (Å²) in [6, 6.07) is 14.7. The predicted molar refractivity (Wildman–Crippen MR) is 126 cm³/mol. The van der Waals surface area contributed by atoms with Crippen molar-refractivity contribution in [1.82, 2.24) is 9.91 Å². The van der Waals surface area contributed by atoms with Gasteiger partial charge in [-0.1, -0.05) is 30.3 Å². The minimum atomic E-state index is -0.639. The van der Waals surface area contributed by atoms with Crippen LogP contribution in [0, 0.1) is 11.6 Å². The topological polar surface area (TPSA) is 62.2 Å². The molecule has 4 rings (SSSR count). The SMILES string of the molecule is COCCN(CC(=O)N1N=C(c2cccs2)C[C@@H]1c1ccccc1F)C(=O)c1cccc(F)c1. The van der Waals surface area contributed by atoms with Crippen molar-refractivity contribution in [3.63, 3.8) is 0 Å². The van der Waals surface area contributed by atoms with E-state index < -0.39 is 29.5 Å². The molecule has 2 aromatic carbocycles. The summed E-state index contributed by atoms with van der Waals surface area (Å²) in [5, 5.41) is 7.69. The monoisotopic (exact) mass is 483 g/mol. The van der Waals surface area contributed by atoms with E-state index in [1.54, 1.807) is 18.2 Å². The summed E-state index contributed by atoms with van der Waals surface area (Å²) in [6.45, 7) is -0.00302. The average Bonchev–Trinajstić information content (AvgIpc) is 3.52. The van der Waals surface area contributed by atoms with Gasteiger partial charge in [0.25, 0.3) is 11.8 Å². The van der Waals surface area contributed by atoms with Gasteiger partial charge in [-0.25, -0.2) is 13.8 Å². The zero-order chi connectivity index (χ0) is 24.1. The first-order valence-electron chi connectivity index (χ1n) is 10.7. The second kappa shape index (κ2) is 10.7. The minimum absolute atomic E-state index is 0.122. The molecule has 1 aliphatic heterocycles. The van der Waals surface area contributed by atoms with Crippen molar-refractivity contribution in [1.29, 1.82) is 0 Å². The summed E-state index contributed by atoms with van der Waals surface area (Å²) < 4.78 is 33.4. The number of hydrazone groups is 1. The number of amides is 2. The average molecular weight is 484 g/mol. The lowest BCUT2D eigenvalue weighted by Crippen LogP contribution is -2.42. The van der Waals surface area contributed by atoms with Crippen molar-refractivity contribution in [2.45, 2.75) is 12.5 Å². The highest BCUT2D eigenvalue weighted by Crippen LogP contribution is 2.35. The first kappa shape index (κ1) is 23.7. The van der Waals surface area contributed by atoms with E-state index in [0.29, 0.717) is 17.7 Å². The van der Waals surface area contributed by atoms with Gasteiger partial charge in [-0.3, -0.25) is 9.59 Å². The smallest absolute Gasteiger partial charge is 0.262 e. The van der Waals surface area contributed by atoms with Gasteiger partial charge in [-0.15, -0.1) is 11.3 Å². The highest BCUT2D eigenvalue weighted by Gasteiger charge is 2.36. The van der Waals surface area contributed by atoms with E-state index in [2.05, 4.69) is 5.10 Å². The number of hydrogen-bond donors (Lipinski definition) is 0. The molecular formula is C25H23F2N3O3S. The number of ether oxygens (including phenoxy) is 1. The van der Waals surface area contributed by atoms with Crippen LogP contribution in [0.25, 0.3) is 0 Å². The maximum atomic E-state index is 14.7. The molecule has 0 unspecified atom stereocenters. The molecule has 0 saturated heterocycles. The molecule has 1 aromatic heterocycles. The van der Waals surface area contributed by atoms with Crippen molar-refractivity contribution in [3.05, 3.63) is 93.7 Å². The Morgan fingerprint density at radius 2 is 1.97 bits per heavy atom. The molecule has 0 bridgehead atoms. The van der Waals surface area contributed by atoms with E-state index in [1.807, 2.05) is 17.5 Å². The number of hydrogen-bond acceptors (Lipinski definition) is 5. The summed E-state index contributed by atoms with van der Waals surface area (Å²) in [7, 11) is 1.49. The van der Waals surface area contributed by atoms with Crippen LogP contribution >= 0.6 is 11.3 Å². The largest absolute Gasteiger partial charge is 0.383 e. The zero-order valence-corrected chi connectivity index (χ0v) is 19.3. The number of rotatable bonds is 8. The van der Waals surface area contributed by atoms with Gasteiger partial charge in [0.05, 0.1) is 23.2 Å². The van der Waals surface area contributed by atoms with Crippen LogP contribution in [0.3, 0.4) is 0 Å². The third kappa shape index (κ3) is 5.21. The fourth-order valence-electron chi connectivity index (χ4n) is 3.81. The third-order valence-corrected chi connectivity index (χ3v) is 6.40. The number of thiophene rings is 1. The Balaban J connectivity index is 1.62. The van der Waals surface area contributed by atoms with Crippen molar-refractivity contribution >= 4 is 28.9 Å². The van der Waals surface area contributed by atoms with Crippen LogP contribution in [0.4, 0.5) is 8.78 Å². The summed E-state index contributed by atoms with van der Waals surface area (Å²) in [4.78, 5) is 28.7. The van der Waals surface area contributed by atoms with Crippen molar-refractivity contribution in [2.24, 2.45) is 5.10 Å². The molecule has 2 heterocycles. The lowest BCUT2D eigenvalue weighted by molar-refractivity contribution is -0.133. The van der Waals surface area contributed by atoms with Crippen LogP contribution < -0.4 is 0 Å². The molecule has 1 aliphatic rings. The van der Waals surface area contributed by atoms with E-state index in [1.165, 1.54) is 52.6 Å². The van der Waals surface area contributed by atoms with Crippen LogP contribution in [0.1, 0.15) is 33.3 Å². The second-order valence-corrected chi connectivity index (χ2v) is 8.68. The number of nitrogens with zero attached hydrogens (tertiary/aromatic N) is 3. The van der Waals surface area contributed by atoms with Crippen LogP contribution in [-0.4, -0.2) is 54.2 Å². The molecule has 0 saturated carbocycles. The number of halogens is 2. The Labute approximate surface area is 200 Å². The Bertz CT molecular complexity index is 1200. The molecule has 0 N–H and O–H groups in total. The Kier molecular flexibility index (Phi) is 7.44. The minimum Gasteiger partial charge on any atom is -0.383 e. The molecule has 0 aliphatic carbocycles. The van der Waals surface area contributed by atoms with Gasteiger partial charge in [0.15, 0.2) is 0 Å². The molecule has 2 amide bonds. The van der Waals surface area contributed by atoms with E-state index >= 15 is 0 Å². The number of carbonyl (C=O) groups is 2. The van der Waals surface area contributed by atoms with Crippen molar-refractivity contribution in [2.75, 3.05) is 26.8 Å². The molecule has 34 heavy (non-hydrogen) atoms. The van der Waals surface area contributed by atoms with E-state index in [-0.39, 0.29) is 25.3 Å². The Hall–Kier alpha value is -3.43. The maximum Gasteiger partial charge on any atom is 0.262 e. The first-order chi connectivity index (χ1) is 16.5. The highest BCUT2D eigenvalue weighted by molar-refractivity contribution is 7.12. The zero-order valence-electron chi connectivity index (χ0n) is 18.5. The quantitative estimate of drug-likeness (QED) is 0.474. The van der Waals surface area contributed by atoms with Gasteiger partial charge in [-0.05, 0) is 35.7 Å². The number of methoxy groups -OCH3 is 1. The van der Waals surface area contributed by atoms with Gasteiger partial charge in [0, 0.05) is 31.2 Å². The Morgan fingerprint density at radius 3 is 2.68 bits per heavy atom.